The maximum atomic E-state index is 11.3. The van der Waals surface area contributed by atoms with E-state index in [4.69, 9.17) is 11.6 Å². The van der Waals surface area contributed by atoms with Gasteiger partial charge in [0.25, 0.3) is 0 Å². The van der Waals surface area contributed by atoms with E-state index in [1.54, 1.807) is 24.3 Å². The van der Waals surface area contributed by atoms with E-state index in [0.717, 1.165) is 10.8 Å². The van der Waals surface area contributed by atoms with Crippen LogP contribution in [0.3, 0.4) is 0 Å². The maximum absolute atomic E-state index is 11.3. The van der Waals surface area contributed by atoms with Crippen LogP contribution in [-0.2, 0) is 23.5 Å². The summed E-state index contributed by atoms with van der Waals surface area (Å²) in [5, 5.41) is 1.61. The van der Waals surface area contributed by atoms with Crippen molar-refractivity contribution in [3.63, 3.8) is 0 Å². The first-order valence-corrected chi connectivity index (χ1v) is 5.86. The number of benzene rings is 2. The first-order chi connectivity index (χ1) is 7.53. The van der Waals surface area contributed by atoms with E-state index in [2.05, 4.69) is 4.28 Å². The second-order valence-corrected chi connectivity index (χ2v) is 4.89. The summed E-state index contributed by atoms with van der Waals surface area (Å²) in [7, 11) is -3.85. The Morgan fingerprint density at radius 1 is 1.06 bits per heavy atom. The van der Waals surface area contributed by atoms with Crippen LogP contribution in [0.1, 0.15) is 0 Å². The molecule has 1 unspecified atom stereocenters. The van der Waals surface area contributed by atoms with Gasteiger partial charge in [-0.2, -0.15) is 5.90 Å². The number of fused-ring (bicyclic) bond motifs is 1. The molecular formula is C10H10N2O3S+. The number of hydrogen-bond acceptors (Lipinski definition) is 4. The summed E-state index contributed by atoms with van der Waals surface area (Å²) in [4.78, 5) is 0.0206. The SMILES string of the molecule is NO[S+]([O])(=O)c1ccc2cc(N)ccc2c1. The molecule has 0 saturated carbocycles. The van der Waals surface area contributed by atoms with Gasteiger partial charge in [0.15, 0.2) is 0 Å². The number of hydrogen-bond donors (Lipinski definition) is 2. The Hall–Kier alpha value is -1.47. The van der Waals surface area contributed by atoms with Gasteiger partial charge in [-0.05, 0) is 37.5 Å². The Balaban J connectivity index is 2.61. The molecular weight excluding hydrogens is 228 g/mol. The van der Waals surface area contributed by atoms with Crippen molar-refractivity contribution >= 4 is 27.0 Å². The van der Waals surface area contributed by atoms with E-state index in [-0.39, 0.29) is 4.90 Å². The molecule has 2 aromatic rings. The molecule has 83 valence electrons. The van der Waals surface area contributed by atoms with Crippen LogP contribution in [0.4, 0.5) is 5.69 Å². The molecule has 0 heterocycles. The van der Waals surface area contributed by atoms with Crippen LogP contribution in [-0.4, -0.2) is 0 Å². The van der Waals surface area contributed by atoms with Gasteiger partial charge in [-0.3, -0.25) is 0 Å². The molecule has 1 radical (unpaired) electrons. The minimum Gasteiger partial charge on any atom is -0.399 e. The van der Waals surface area contributed by atoms with E-state index in [0.29, 0.717) is 5.69 Å². The Morgan fingerprint density at radius 2 is 1.69 bits per heavy atom. The predicted octanol–water partition coefficient (Wildman–Crippen LogP) is 1.43. The third-order valence-corrected chi connectivity index (χ3v) is 3.34. The smallest absolute Gasteiger partial charge is 0.399 e. The summed E-state index contributed by atoms with van der Waals surface area (Å²) >= 11 is 0. The predicted molar refractivity (Wildman–Crippen MR) is 60.6 cm³/mol. The fourth-order valence-corrected chi connectivity index (χ4v) is 2.07. The highest BCUT2D eigenvalue weighted by Gasteiger charge is 2.34. The van der Waals surface area contributed by atoms with Gasteiger partial charge in [0.1, 0.15) is 0 Å². The lowest BCUT2D eigenvalue weighted by Crippen LogP contribution is -2.16. The second kappa shape index (κ2) is 3.84. The fraction of sp³-hybridized carbons (Fsp3) is 0. The quantitative estimate of drug-likeness (QED) is 0.469. The summed E-state index contributed by atoms with van der Waals surface area (Å²) in [5.41, 5.74) is 6.23. The fourth-order valence-electron chi connectivity index (χ4n) is 1.45. The van der Waals surface area contributed by atoms with Crippen LogP contribution in [0.25, 0.3) is 10.8 Å². The Morgan fingerprint density at radius 3 is 2.38 bits per heavy atom. The average Bonchev–Trinajstić information content (AvgIpc) is 2.28. The number of nitrogens with two attached hydrogens (primary N) is 2. The van der Waals surface area contributed by atoms with Gasteiger partial charge < -0.3 is 5.73 Å². The van der Waals surface area contributed by atoms with E-state index < -0.39 is 10.5 Å². The van der Waals surface area contributed by atoms with Crippen LogP contribution in [0.15, 0.2) is 41.3 Å². The van der Waals surface area contributed by atoms with Crippen LogP contribution in [0.2, 0.25) is 0 Å². The van der Waals surface area contributed by atoms with Crippen LogP contribution in [0, 0.1) is 0 Å². The number of rotatable bonds is 2. The zero-order valence-corrected chi connectivity index (χ0v) is 9.07. The summed E-state index contributed by atoms with van der Waals surface area (Å²) in [6, 6.07) is 9.75. The Kier molecular flexibility index (Phi) is 2.64. The largest absolute Gasteiger partial charge is 0.447 e. The van der Waals surface area contributed by atoms with E-state index in [1.165, 1.54) is 12.1 Å². The lowest BCUT2D eigenvalue weighted by atomic mass is 10.1. The molecule has 2 rings (SSSR count). The van der Waals surface area contributed by atoms with Crippen molar-refractivity contribution in [2.45, 2.75) is 4.90 Å². The molecule has 0 fully saturated rings. The van der Waals surface area contributed by atoms with Crippen molar-refractivity contribution in [2.24, 2.45) is 5.90 Å². The zero-order valence-electron chi connectivity index (χ0n) is 8.25. The van der Waals surface area contributed by atoms with Gasteiger partial charge in [-0.25, -0.2) is 0 Å². The molecule has 0 amide bonds. The molecule has 6 heteroatoms. The van der Waals surface area contributed by atoms with Crippen molar-refractivity contribution in [3.05, 3.63) is 36.4 Å². The normalized spacial score (nSPS) is 14.9. The van der Waals surface area contributed by atoms with Crippen LogP contribution in [0.5, 0.6) is 0 Å². The first kappa shape index (κ1) is 11.0. The van der Waals surface area contributed by atoms with Crippen LogP contribution < -0.4 is 11.6 Å². The van der Waals surface area contributed by atoms with Gasteiger partial charge in [-0.15, -0.1) is 0 Å². The maximum Gasteiger partial charge on any atom is 0.447 e. The van der Waals surface area contributed by atoms with E-state index in [9.17, 15) is 8.76 Å². The first-order valence-electron chi connectivity index (χ1n) is 4.45. The molecule has 0 aromatic heterocycles. The summed E-state index contributed by atoms with van der Waals surface area (Å²) < 4.78 is 26.6. The Bertz CT molecular complexity index is 585. The van der Waals surface area contributed by atoms with E-state index >= 15 is 0 Å². The highest BCUT2D eigenvalue weighted by Crippen LogP contribution is 2.24. The highest BCUT2D eigenvalue weighted by molar-refractivity contribution is 7.93. The second-order valence-electron chi connectivity index (χ2n) is 3.32. The molecule has 0 saturated heterocycles. The van der Waals surface area contributed by atoms with Gasteiger partial charge in [0.2, 0.25) is 4.90 Å². The lowest BCUT2D eigenvalue weighted by Gasteiger charge is -2.00. The van der Waals surface area contributed by atoms with Gasteiger partial charge in [0.05, 0.1) is 4.55 Å². The molecule has 0 aliphatic carbocycles. The van der Waals surface area contributed by atoms with Gasteiger partial charge in [-0.1, -0.05) is 6.07 Å². The van der Waals surface area contributed by atoms with Crippen molar-refractivity contribution in [2.75, 3.05) is 5.73 Å². The topological polar surface area (TPSA) is 98.2 Å². The third-order valence-electron chi connectivity index (χ3n) is 2.25. The number of nitrogen functional groups attached to an aromatic ring is 1. The van der Waals surface area contributed by atoms with Crippen molar-refractivity contribution in [1.29, 1.82) is 0 Å². The molecule has 0 spiro atoms. The molecule has 5 nitrogen and oxygen atoms in total. The molecule has 4 N–H and O–H groups in total. The van der Waals surface area contributed by atoms with Crippen LogP contribution >= 0.6 is 0 Å². The van der Waals surface area contributed by atoms with Crippen molar-refractivity contribution < 1.29 is 13.0 Å². The standard InChI is InChI=1S/C10H10N2O3S/c11-9-3-1-8-6-10(16(13,14)15-12)4-2-7(8)5-9/h1-6H,11-12H2/q+1. The van der Waals surface area contributed by atoms with Crippen molar-refractivity contribution in [3.8, 4) is 0 Å². The molecule has 2 aromatic carbocycles. The summed E-state index contributed by atoms with van der Waals surface area (Å²) in [6.45, 7) is 0. The molecule has 0 aliphatic heterocycles. The highest BCUT2D eigenvalue weighted by atomic mass is 32.3. The van der Waals surface area contributed by atoms with Crippen molar-refractivity contribution in [1.82, 2.24) is 0 Å². The summed E-state index contributed by atoms with van der Waals surface area (Å²) in [5.74, 6) is 4.70. The molecule has 0 bridgehead atoms. The zero-order chi connectivity index (χ0) is 11.8. The number of anilines is 1. The average molecular weight is 238 g/mol. The third kappa shape index (κ3) is 1.91. The van der Waals surface area contributed by atoms with Gasteiger partial charge in [0, 0.05) is 17.8 Å². The van der Waals surface area contributed by atoms with E-state index in [1.807, 2.05) is 0 Å². The monoisotopic (exact) mass is 238 g/mol. The molecule has 16 heavy (non-hydrogen) atoms. The lowest BCUT2D eigenvalue weighted by molar-refractivity contribution is 0.261. The molecule has 0 aliphatic rings. The molecule has 1 atom stereocenters. The summed E-state index contributed by atoms with van der Waals surface area (Å²) in [6.07, 6.45) is 0. The minimum atomic E-state index is -3.85. The van der Waals surface area contributed by atoms with Gasteiger partial charge >= 0.3 is 10.5 Å². The Labute approximate surface area is 93.4 Å². The minimum absolute atomic E-state index is 0.0206.